The quantitative estimate of drug-likeness (QED) is 0.326. The van der Waals surface area contributed by atoms with Crippen LogP contribution in [0.1, 0.15) is 24.8 Å². The van der Waals surface area contributed by atoms with Crippen LogP contribution in [0.5, 0.6) is 5.75 Å². The highest BCUT2D eigenvalue weighted by molar-refractivity contribution is 5.94. The van der Waals surface area contributed by atoms with Crippen LogP contribution in [0.4, 0.5) is 28.9 Å². The predicted octanol–water partition coefficient (Wildman–Crippen LogP) is 3.88. The van der Waals surface area contributed by atoms with E-state index in [0.29, 0.717) is 23.8 Å². The third kappa shape index (κ3) is 4.18. The van der Waals surface area contributed by atoms with Crippen molar-refractivity contribution in [3.63, 3.8) is 0 Å². The van der Waals surface area contributed by atoms with E-state index >= 15 is 0 Å². The fourth-order valence-electron chi connectivity index (χ4n) is 4.07. The Balaban J connectivity index is 1.50. The van der Waals surface area contributed by atoms with Gasteiger partial charge in [0.2, 0.25) is 12.0 Å². The molecule has 2 aromatic rings. The molecule has 1 N–H and O–H groups in total. The number of hydrogen-bond acceptors (Lipinski definition) is 5. The van der Waals surface area contributed by atoms with E-state index in [0.717, 1.165) is 6.07 Å². The van der Waals surface area contributed by atoms with Gasteiger partial charge in [0.05, 0.1) is 11.4 Å². The van der Waals surface area contributed by atoms with Crippen LogP contribution in [0.25, 0.3) is 0 Å². The van der Waals surface area contributed by atoms with Crippen LogP contribution in [0.15, 0.2) is 29.3 Å². The Kier molecular flexibility index (Phi) is 5.88. The first-order valence-electron chi connectivity index (χ1n) is 10.0. The molecule has 1 saturated heterocycles. The van der Waals surface area contributed by atoms with E-state index in [9.17, 15) is 27.2 Å². The molecule has 10 heteroatoms. The van der Waals surface area contributed by atoms with Crippen LogP contribution < -0.4 is 15.0 Å². The topological polar surface area (TPSA) is 71.0 Å². The Morgan fingerprint density at radius 1 is 1.03 bits per heavy atom. The van der Waals surface area contributed by atoms with Crippen LogP contribution in [0.2, 0.25) is 0 Å². The number of benzene rings is 2. The number of halogens is 4. The Morgan fingerprint density at radius 3 is 2.47 bits per heavy atom. The summed E-state index contributed by atoms with van der Waals surface area (Å²) in [6, 6.07) is 3.94. The van der Waals surface area contributed by atoms with Gasteiger partial charge in [0.15, 0.2) is 11.6 Å². The number of nitrogens with zero attached hydrogens (tertiary/aromatic N) is 2. The molecule has 2 aliphatic heterocycles. The minimum absolute atomic E-state index is 0.0254. The molecule has 0 radical (unpaired) electrons. The van der Waals surface area contributed by atoms with Crippen molar-refractivity contribution in [2.75, 3.05) is 29.9 Å². The molecule has 0 bridgehead atoms. The summed E-state index contributed by atoms with van der Waals surface area (Å²) in [6.07, 6.45) is 2.58. The van der Waals surface area contributed by atoms with Crippen molar-refractivity contribution in [1.29, 1.82) is 0 Å². The summed E-state index contributed by atoms with van der Waals surface area (Å²) in [5.41, 5.74) is -0.435. The van der Waals surface area contributed by atoms with Gasteiger partial charge in [0.25, 0.3) is 0 Å². The molecule has 4 rings (SSSR count). The maximum atomic E-state index is 14.1. The molecule has 0 saturated carbocycles. The van der Waals surface area contributed by atoms with E-state index in [1.807, 2.05) is 0 Å². The number of ether oxygens (including phenoxy) is 1. The zero-order valence-corrected chi connectivity index (χ0v) is 16.9. The van der Waals surface area contributed by atoms with Crippen molar-refractivity contribution in [3.8, 4) is 5.75 Å². The number of rotatable bonds is 5. The standard InChI is InChI=1S/C22H19F4N3O3/c23-14-2-3-19(13-1-4-20(31)28-21(13)14)32-11-22(27-12-30)5-7-29(8-6-22)18-10-16(25)15(24)9-17(18)26/h2-3,9-10H,1,4-8,11H2,(H,28,31). The predicted molar refractivity (Wildman–Crippen MR) is 107 cm³/mol. The highest BCUT2D eigenvalue weighted by atomic mass is 19.2. The van der Waals surface area contributed by atoms with Gasteiger partial charge in [-0.25, -0.2) is 22.4 Å². The van der Waals surface area contributed by atoms with E-state index in [-0.39, 0.29) is 56.2 Å². The van der Waals surface area contributed by atoms with Crippen LogP contribution in [-0.4, -0.2) is 37.2 Å². The van der Waals surface area contributed by atoms with Crippen molar-refractivity contribution in [2.24, 2.45) is 4.99 Å². The summed E-state index contributed by atoms with van der Waals surface area (Å²) in [5, 5.41) is 2.50. The van der Waals surface area contributed by atoms with E-state index in [1.165, 1.54) is 12.1 Å². The molecule has 0 spiro atoms. The van der Waals surface area contributed by atoms with Gasteiger partial charge >= 0.3 is 0 Å². The van der Waals surface area contributed by atoms with Gasteiger partial charge in [-0.05, 0) is 31.4 Å². The second-order valence-corrected chi connectivity index (χ2v) is 7.87. The second kappa shape index (κ2) is 8.63. The number of carbonyl (C=O) groups is 1. The second-order valence-electron chi connectivity index (χ2n) is 7.87. The number of fused-ring (bicyclic) bond motifs is 1. The van der Waals surface area contributed by atoms with Crippen LogP contribution in [0.3, 0.4) is 0 Å². The number of hydrogen-bond donors (Lipinski definition) is 1. The molecule has 6 nitrogen and oxygen atoms in total. The van der Waals surface area contributed by atoms with Gasteiger partial charge in [-0.1, -0.05) is 0 Å². The SMILES string of the molecule is O=C=NC1(COc2ccc(F)c3c2CCC(=O)N3)CCN(c2cc(F)c(F)cc2F)CC1. The summed E-state index contributed by atoms with van der Waals surface area (Å²) in [5.74, 6) is -3.78. The first-order valence-corrected chi connectivity index (χ1v) is 10.0. The molecule has 2 aromatic carbocycles. The minimum atomic E-state index is -1.27. The lowest BCUT2D eigenvalue weighted by Gasteiger charge is -2.39. The molecule has 0 atom stereocenters. The maximum absolute atomic E-state index is 14.1. The normalized spacial score (nSPS) is 17.2. The van der Waals surface area contributed by atoms with E-state index in [2.05, 4.69) is 10.3 Å². The third-order valence-corrected chi connectivity index (χ3v) is 5.89. The smallest absolute Gasteiger partial charge is 0.235 e. The molecule has 1 fully saturated rings. The molecule has 2 heterocycles. The Morgan fingerprint density at radius 2 is 1.75 bits per heavy atom. The van der Waals surface area contributed by atoms with Crippen molar-refractivity contribution >= 4 is 23.4 Å². The number of anilines is 2. The summed E-state index contributed by atoms with van der Waals surface area (Å²) in [6.45, 7) is 0.407. The lowest BCUT2D eigenvalue weighted by Crippen LogP contribution is -2.47. The summed E-state index contributed by atoms with van der Waals surface area (Å²) < 4.78 is 60.9. The average molecular weight is 449 g/mol. The first kappa shape index (κ1) is 21.8. The monoisotopic (exact) mass is 449 g/mol. The van der Waals surface area contributed by atoms with Gasteiger partial charge in [0, 0.05) is 37.2 Å². The fourth-order valence-corrected chi connectivity index (χ4v) is 4.07. The maximum Gasteiger partial charge on any atom is 0.235 e. The van der Waals surface area contributed by atoms with E-state index in [1.54, 1.807) is 11.0 Å². The molecular formula is C22H19F4N3O3. The van der Waals surface area contributed by atoms with Crippen LogP contribution in [-0.2, 0) is 16.0 Å². The van der Waals surface area contributed by atoms with E-state index in [4.69, 9.17) is 4.74 Å². The molecule has 1 amide bonds. The van der Waals surface area contributed by atoms with Crippen LogP contribution >= 0.6 is 0 Å². The zero-order valence-electron chi connectivity index (χ0n) is 16.9. The van der Waals surface area contributed by atoms with Crippen molar-refractivity contribution in [2.45, 2.75) is 31.2 Å². The average Bonchev–Trinajstić information content (AvgIpc) is 2.77. The fraction of sp³-hybridized carbons (Fsp3) is 0.364. The molecule has 2 aliphatic rings. The molecule has 168 valence electrons. The van der Waals surface area contributed by atoms with Gasteiger partial charge in [-0.15, -0.1) is 0 Å². The lowest BCUT2D eigenvalue weighted by molar-refractivity contribution is -0.116. The summed E-state index contributed by atoms with van der Waals surface area (Å²) in [4.78, 5) is 28.1. The van der Waals surface area contributed by atoms with E-state index < -0.39 is 28.8 Å². The highest BCUT2D eigenvalue weighted by Crippen LogP contribution is 2.36. The van der Waals surface area contributed by atoms with Gasteiger partial charge < -0.3 is 15.0 Å². The summed E-state index contributed by atoms with van der Waals surface area (Å²) >= 11 is 0. The number of amides is 1. The molecule has 0 unspecified atom stereocenters. The van der Waals surface area contributed by atoms with Gasteiger partial charge in [-0.3, -0.25) is 4.79 Å². The molecular weight excluding hydrogens is 430 g/mol. The highest BCUT2D eigenvalue weighted by Gasteiger charge is 2.37. The van der Waals surface area contributed by atoms with Crippen molar-refractivity contribution < 1.29 is 31.9 Å². The van der Waals surface area contributed by atoms with Gasteiger partial charge in [-0.2, -0.15) is 4.99 Å². The third-order valence-electron chi connectivity index (χ3n) is 5.89. The Bertz CT molecular complexity index is 1110. The molecule has 0 aliphatic carbocycles. The minimum Gasteiger partial charge on any atom is -0.491 e. The van der Waals surface area contributed by atoms with Gasteiger partial charge in [0.1, 0.15) is 29.5 Å². The van der Waals surface area contributed by atoms with Crippen LogP contribution in [0, 0.1) is 23.3 Å². The Hall–Kier alpha value is -3.39. The largest absolute Gasteiger partial charge is 0.491 e. The molecule has 32 heavy (non-hydrogen) atoms. The molecule has 0 aromatic heterocycles. The number of piperidine rings is 1. The zero-order chi connectivity index (χ0) is 22.9. The number of aliphatic imine (C=N–C) groups is 1. The number of nitrogens with one attached hydrogen (secondary N) is 1. The van der Waals surface area contributed by atoms with Crippen molar-refractivity contribution in [1.82, 2.24) is 0 Å². The number of carbonyl (C=O) groups excluding carboxylic acids is 2. The summed E-state index contributed by atoms with van der Waals surface area (Å²) in [7, 11) is 0. The lowest BCUT2D eigenvalue weighted by atomic mass is 9.88. The van der Waals surface area contributed by atoms with Crippen molar-refractivity contribution in [3.05, 3.63) is 53.1 Å². The first-order chi connectivity index (χ1) is 15.3. The Labute approximate surface area is 180 Å². The number of isocyanates is 1.